The summed E-state index contributed by atoms with van der Waals surface area (Å²) in [6.45, 7) is 8.35. The molecule has 0 aliphatic heterocycles. The lowest BCUT2D eigenvalue weighted by molar-refractivity contribution is 0.108. The molecule has 0 spiro atoms. The Morgan fingerprint density at radius 2 is 1.95 bits per heavy atom. The molecule has 0 aromatic rings. The summed E-state index contributed by atoms with van der Waals surface area (Å²) < 4.78 is 22.7. The van der Waals surface area contributed by atoms with Crippen molar-refractivity contribution in [3.8, 4) is 0 Å². The van der Waals surface area contributed by atoms with Gasteiger partial charge in [-0.05, 0) is 44.7 Å². The molecule has 4 nitrogen and oxygen atoms in total. The highest BCUT2D eigenvalue weighted by Gasteiger charge is 2.33. The van der Waals surface area contributed by atoms with Gasteiger partial charge in [-0.25, -0.2) is 8.42 Å². The van der Waals surface area contributed by atoms with Gasteiger partial charge in [-0.1, -0.05) is 20.8 Å². The van der Waals surface area contributed by atoms with Crippen molar-refractivity contribution in [2.75, 3.05) is 32.1 Å². The molecule has 1 fully saturated rings. The van der Waals surface area contributed by atoms with E-state index < -0.39 is 9.84 Å². The molecule has 120 valence electrons. The van der Waals surface area contributed by atoms with E-state index in [2.05, 4.69) is 38.0 Å². The normalized spacial score (nSPS) is 28.2. The zero-order valence-corrected chi connectivity index (χ0v) is 14.5. The molecule has 0 saturated heterocycles. The lowest BCUT2D eigenvalue weighted by Crippen LogP contribution is -2.53. The van der Waals surface area contributed by atoms with Crippen LogP contribution >= 0.6 is 0 Å². The molecule has 1 saturated carbocycles. The number of likely N-dealkylation sites (N-methyl/N-ethyl adjacent to an activating group) is 2. The van der Waals surface area contributed by atoms with Crippen LogP contribution in [-0.2, 0) is 9.84 Å². The van der Waals surface area contributed by atoms with Gasteiger partial charge in [0, 0.05) is 24.9 Å². The van der Waals surface area contributed by atoms with Crippen molar-refractivity contribution < 1.29 is 8.42 Å². The second-order valence-electron chi connectivity index (χ2n) is 6.66. The van der Waals surface area contributed by atoms with Crippen LogP contribution < -0.4 is 5.32 Å². The van der Waals surface area contributed by atoms with E-state index in [1.165, 1.54) is 25.5 Å². The molecule has 0 bridgehead atoms. The second kappa shape index (κ2) is 7.76. The van der Waals surface area contributed by atoms with Crippen LogP contribution in [0.3, 0.4) is 0 Å². The number of hydrogen-bond acceptors (Lipinski definition) is 4. The molecule has 1 aliphatic carbocycles. The molecule has 3 atom stereocenters. The van der Waals surface area contributed by atoms with Gasteiger partial charge in [0.25, 0.3) is 0 Å². The van der Waals surface area contributed by atoms with Crippen LogP contribution in [0, 0.1) is 11.8 Å². The third kappa shape index (κ3) is 5.70. The SMILES string of the molecule is CCNC1CCC(C(C)C)CC1N(C)CCS(C)(=O)=O. The van der Waals surface area contributed by atoms with E-state index in [9.17, 15) is 8.42 Å². The first kappa shape index (κ1) is 17.9. The van der Waals surface area contributed by atoms with Crippen molar-refractivity contribution in [3.05, 3.63) is 0 Å². The first-order valence-electron chi connectivity index (χ1n) is 7.86. The Hall–Kier alpha value is -0.130. The molecule has 1 N–H and O–H groups in total. The molecule has 0 amide bonds. The first-order chi connectivity index (χ1) is 9.24. The van der Waals surface area contributed by atoms with Gasteiger partial charge >= 0.3 is 0 Å². The van der Waals surface area contributed by atoms with E-state index in [1.807, 2.05) is 0 Å². The van der Waals surface area contributed by atoms with Crippen LogP contribution in [0.1, 0.15) is 40.0 Å². The first-order valence-corrected chi connectivity index (χ1v) is 9.92. The highest BCUT2D eigenvalue weighted by molar-refractivity contribution is 7.90. The molecule has 0 radical (unpaired) electrons. The number of rotatable bonds is 7. The molecule has 1 rings (SSSR count). The summed E-state index contributed by atoms with van der Waals surface area (Å²) in [5.74, 6) is 1.73. The summed E-state index contributed by atoms with van der Waals surface area (Å²) in [6, 6.07) is 0.956. The van der Waals surface area contributed by atoms with Gasteiger partial charge in [-0.15, -0.1) is 0 Å². The zero-order valence-electron chi connectivity index (χ0n) is 13.7. The Morgan fingerprint density at radius 1 is 1.30 bits per heavy atom. The highest BCUT2D eigenvalue weighted by atomic mass is 32.2. The van der Waals surface area contributed by atoms with E-state index in [1.54, 1.807) is 0 Å². The van der Waals surface area contributed by atoms with Crippen LogP contribution in [0.4, 0.5) is 0 Å². The molecular weight excluding hydrogens is 272 g/mol. The van der Waals surface area contributed by atoms with Crippen molar-refractivity contribution in [1.29, 1.82) is 0 Å². The number of sulfone groups is 1. The minimum Gasteiger partial charge on any atom is -0.313 e. The monoisotopic (exact) mass is 304 g/mol. The van der Waals surface area contributed by atoms with Gasteiger partial charge < -0.3 is 10.2 Å². The van der Waals surface area contributed by atoms with Crippen LogP contribution in [0.15, 0.2) is 0 Å². The van der Waals surface area contributed by atoms with E-state index in [0.717, 1.165) is 12.5 Å². The van der Waals surface area contributed by atoms with E-state index >= 15 is 0 Å². The molecular formula is C15H32N2O2S. The molecule has 0 aromatic heterocycles. The molecule has 0 heterocycles. The van der Waals surface area contributed by atoms with Gasteiger partial charge in [0.1, 0.15) is 9.84 Å². The maximum Gasteiger partial charge on any atom is 0.148 e. The summed E-state index contributed by atoms with van der Waals surface area (Å²) >= 11 is 0. The minimum atomic E-state index is -2.88. The Labute approximate surface area is 125 Å². The molecule has 3 unspecified atom stereocenters. The quantitative estimate of drug-likeness (QED) is 0.779. The van der Waals surface area contributed by atoms with Crippen molar-refractivity contribution >= 4 is 9.84 Å². The lowest BCUT2D eigenvalue weighted by Gasteiger charge is -2.42. The minimum absolute atomic E-state index is 0.255. The molecule has 0 aromatic carbocycles. The van der Waals surface area contributed by atoms with Crippen molar-refractivity contribution in [1.82, 2.24) is 10.2 Å². The zero-order chi connectivity index (χ0) is 15.3. The number of hydrogen-bond donors (Lipinski definition) is 1. The summed E-state index contributed by atoms with van der Waals surface area (Å²) in [5.41, 5.74) is 0. The van der Waals surface area contributed by atoms with E-state index in [0.29, 0.717) is 24.5 Å². The van der Waals surface area contributed by atoms with Crippen molar-refractivity contribution in [2.24, 2.45) is 11.8 Å². The fraction of sp³-hybridized carbons (Fsp3) is 1.00. The number of nitrogens with one attached hydrogen (secondary N) is 1. The third-order valence-corrected chi connectivity index (χ3v) is 5.57. The fourth-order valence-electron chi connectivity index (χ4n) is 3.25. The predicted octanol–water partition coefficient (Wildman–Crippen LogP) is 1.77. The summed E-state index contributed by atoms with van der Waals surface area (Å²) in [7, 11) is -0.807. The Bertz CT molecular complexity index is 381. The smallest absolute Gasteiger partial charge is 0.148 e. The largest absolute Gasteiger partial charge is 0.313 e. The molecule has 1 aliphatic rings. The van der Waals surface area contributed by atoms with Crippen molar-refractivity contribution in [2.45, 2.75) is 52.1 Å². The van der Waals surface area contributed by atoms with Gasteiger partial charge in [-0.3, -0.25) is 0 Å². The highest BCUT2D eigenvalue weighted by Crippen LogP contribution is 2.32. The lowest BCUT2D eigenvalue weighted by atomic mass is 9.76. The van der Waals surface area contributed by atoms with E-state index in [4.69, 9.17) is 0 Å². The fourth-order valence-corrected chi connectivity index (χ4v) is 3.87. The molecule has 5 heteroatoms. The van der Waals surface area contributed by atoms with Crippen LogP contribution in [0.5, 0.6) is 0 Å². The standard InChI is InChI=1S/C15H32N2O2S/c1-6-16-14-8-7-13(12(2)3)11-15(14)17(4)9-10-20(5,18)19/h12-16H,6-11H2,1-5H3. The van der Waals surface area contributed by atoms with Crippen LogP contribution in [0.25, 0.3) is 0 Å². The predicted molar refractivity (Wildman–Crippen MR) is 85.8 cm³/mol. The number of nitrogens with zero attached hydrogens (tertiary/aromatic N) is 1. The topological polar surface area (TPSA) is 49.4 Å². The molecule has 20 heavy (non-hydrogen) atoms. The summed E-state index contributed by atoms with van der Waals surface area (Å²) in [4.78, 5) is 2.25. The van der Waals surface area contributed by atoms with Gasteiger partial charge in [0.2, 0.25) is 0 Å². The summed E-state index contributed by atoms with van der Waals surface area (Å²) in [5, 5.41) is 3.58. The van der Waals surface area contributed by atoms with Crippen LogP contribution in [0.2, 0.25) is 0 Å². The van der Waals surface area contributed by atoms with E-state index in [-0.39, 0.29) is 5.75 Å². The Balaban J connectivity index is 2.67. The maximum atomic E-state index is 11.4. The third-order valence-electron chi connectivity index (χ3n) is 4.65. The summed E-state index contributed by atoms with van der Waals surface area (Å²) in [6.07, 6.45) is 4.98. The van der Waals surface area contributed by atoms with Gasteiger partial charge in [0.15, 0.2) is 0 Å². The Kier molecular flexibility index (Phi) is 6.95. The van der Waals surface area contributed by atoms with Gasteiger partial charge in [0.05, 0.1) is 5.75 Å². The Morgan fingerprint density at radius 3 is 2.45 bits per heavy atom. The second-order valence-corrected chi connectivity index (χ2v) is 8.92. The average molecular weight is 304 g/mol. The average Bonchev–Trinajstić information content (AvgIpc) is 2.35. The van der Waals surface area contributed by atoms with Gasteiger partial charge in [-0.2, -0.15) is 0 Å². The van der Waals surface area contributed by atoms with Crippen LogP contribution in [-0.4, -0.2) is 57.5 Å². The van der Waals surface area contributed by atoms with Crippen molar-refractivity contribution in [3.63, 3.8) is 0 Å². The maximum absolute atomic E-state index is 11.4.